The minimum atomic E-state index is -0.0132. The van der Waals surface area contributed by atoms with E-state index in [-0.39, 0.29) is 5.78 Å². The van der Waals surface area contributed by atoms with Crippen molar-refractivity contribution < 1.29 is 9.21 Å². The molecule has 0 N–H and O–H groups in total. The number of carbonyl (C=O) groups is 1. The van der Waals surface area contributed by atoms with Crippen molar-refractivity contribution in [2.45, 2.75) is 32.3 Å². The van der Waals surface area contributed by atoms with Crippen molar-refractivity contribution in [2.24, 2.45) is 5.92 Å². The number of thioether (sulfide) groups is 1. The minimum Gasteiger partial charge on any atom is -0.447 e. The summed E-state index contributed by atoms with van der Waals surface area (Å²) in [7, 11) is 0. The second kappa shape index (κ2) is 5.25. The molecule has 0 aliphatic heterocycles. The number of ketones is 1. The fourth-order valence-electron chi connectivity index (χ4n) is 0.982. The Morgan fingerprint density at radius 3 is 2.71 bits per heavy atom. The standard InChI is InChI=1S/C11H16O2S/c1-8(2)6-7-14-11-5-4-10(13-11)9(3)12/h4-5,8H,6-7H2,1-3H3. The third-order valence-electron chi connectivity index (χ3n) is 1.87. The zero-order valence-corrected chi connectivity index (χ0v) is 9.69. The van der Waals surface area contributed by atoms with Crippen molar-refractivity contribution in [2.75, 3.05) is 5.75 Å². The lowest BCUT2D eigenvalue weighted by molar-refractivity contribution is 0.0982. The highest BCUT2D eigenvalue weighted by Crippen LogP contribution is 2.23. The van der Waals surface area contributed by atoms with Gasteiger partial charge in [0.25, 0.3) is 0 Å². The van der Waals surface area contributed by atoms with Crippen LogP contribution in [0.1, 0.15) is 37.7 Å². The summed E-state index contributed by atoms with van der Waals surface area (Å²) < 4.78 is 5.34. The van der Waals surface area contributed by atoms with Gasteiger partial charge >= 0.3 is 0 Å². The van der Waals surface area contributed by atoms with Crippen LogP contribution in [0.4, 0.5) is 0 Å². The lowest BCUT2D eigenvalue weighted by Gasteiger charge is -2.01. The normalized spacial score (nSPS) is 10.9. The van der Waals surface area contributed by atoms with Crippen LogP contribution in [0.25, 0.3) is 0 Å². The molecule has 0 bridgehead atoms. The molecular weight excluding hydrogens is 196 g/mol. The first-order chi connectivity index (χ1) is 6.59. The van der Waals surface area contributed by atoms with Crippen molar-refractivity contribution >= 4 is 17.5 Å². The van der Waals surface area contributed by atoms with Crippen LogP contribution in [0.2, 0.25) is 0 Å². The minimum absolute atomic E-state index is 0.0132. The van der Waals surface area contributed by atoms with Crippen molar-refractivity contribution in [3.05, 3.63) is 17.9 Å². The second-order valence-electron chi connectivity index (χ2n) is 3.71. The van der Waals surface area contributed by atoms with Crippen LogP contribution >= 0.6 is 11.8 Å². The summed E-state index contributed by atoms with van der Waals surface area (Å²) in [5, 5.41) is 0.843. The van der Waals surface area contributed by atoms with Crippen LogP contribution in [0.15, 0.2) is 21.6 Å². The monoisotopic (exact) mass is 212 g/mol. The molecule has 0 saturated carbocycles. The highest BCUT2D eigenvalue weighted by Gasteiger charge is 2.06. The van der Waals surface area contributed by atoms with Gasteiger partial charge in [-0.3, -0.25) is 4.79 Å². The fourth-order valence-corrected chi connectivity index (χ4v) is 2.09. The summed E-state index contributed by atoms with van der Waals surface area (Å²) in [4.78, 5) is 10.9. The van der Waals surface area contributed by atoms with Gasteiger partial charge in [-0.2, -0.15) is 0 Å². The Balaban J connectivity index is 2.40. The number of rotatable bonds is 5. The van der Waals surface area contributed by atoms with Crippen LogP contribution in [0.3, 0.4) is 0 Å². The Kier molecular flexibility index (Phi) is 4.26. The van der Waals surface area contributed by atoms with E-state index in [4.69, 9.17) is 4.42 Å². The van der Waals surface area contributed by atoms with Gasteiger partial charge in [-0.15, -0.1) is 0 Å². The molecule has 0 radical (unpaired) electrons. The molecule has 0 amide bonds. The van der Waals surface area contributed by atoms with E-state index in [1.54, 1.807) is 17.8 Å². The highest BCUT2D eigenvalue weighted by atomic mass is 32.2. The fraction of sp³-hybridized carbons (Fsp3) is 0.545. The van der Waals surface area contributed by atoms with E-state index >= 15 is 0 Å². The Hall–Kier alpha value is -0.700. The van der Waals surface area contributed by atoms with Gasteiger partial charge in [0, 0.05) is 12.7 Å². The van der Waals surface area contributed by atoms with Crippen LogP contribution in [-0.4, -0.2) is 11.5 Å². The molecule has 14 heavy (non-hydrogen) atoms. The Morgan fingerprint density at radius 2 is 2.21 bits per heavy atom. The molecule has 1 aromatic rings. The summed E-state index contributed by atoms with van der Waals surface area (Å²) in [6.07, 6.45) is 1.17. The maximum Gasteiger partial charge on any atom is 0.194 e. The first-order valence-corrected chi connectivity index (χ1v) is 5.81. The maximum atomic E-state index is 10.9. The summed E-state index contributed by atoms with van der Waals surface area (Å²) in [5.41, 5.74) is 0. The molecule has 2 nitrogen and oxygen atoms in total. The molecular formula is C11H16O2S. The van der Waals surface area contributed by atoms with Gasteiger partial charge < -0.3 is 4.42 Å². The summed E-state index contributed by atoms with van der Waals surface area (Å²) in [6, 6.07) is 3.60. The molecule has 0 spiro atoms. The average Bonchev–Trinajstić information content (AvgIpc) is 2.52. The van der Waals surface area contributed by atoms with Gasteiger partial charge in [0.1, 0.15) is 0 Å². The Labute approximate surface area is 89.1 Å². The van der Waals surface area contributed by atoms with E-state index in [1.807, 2.05) is 6.07 Å². The largest absolute Gasteiger partial charge is 0.447 e. The van der Waals surface area contributed by atoms with Gasteiger partial charge in [0.2, 0.25) is 0 Å². The summed E-state index contributed by atoms with van der Waals surface area (Å²) in [5.74, 6) is 2.20. The summed E-state index contributed by atoms with van der Waals surface area (Å²) >= 11 is 1.67. The lowest BCUT2D eigenvalue weighted by Crippen LogP contribution is -1.89. The van der Waals surface area contributed by atoms with Crippen molar-refractivity contribution in [1.82, 2.24) is 0 Å². The molecule has 0 atom stereocenters. The topological polar surface area (TPSA) is 30.2 Å². The van der Waals surface area contributed by atoms with Crippen LogP contribution in [0, 0.1) is 5.92 Å². The van der Waals surface area contributed by atoms with Crippen molar-refractivity contribution in [3.63, 3.8) is 0 Å². The van der Waals surface area contributed by atoms with Crippen molar-refractivity contribution in [3.8, 4) is 0 Å². The third kappa shape index (κ3) is 3.58. The van der Waals surface area contributed by atoms with Crippen LogP contribution in [0.5, 0.6) is 0 Å². The van der Waals surface area contributed by atoms with Gasteiger partial charge in [-0.25, -0.2) is 0 Å². The number of carbonyl (C=O) groups excluding carboxylic acids is 1. The van der Waals surface area contributed by atoms with Gasteiger partial charge in [-0.1, -0.05) is 25.6 Å². The molecule has 1 heterocycles. The molecule has 0 unspecified atom stereocenters. The highest BCUT2D eigenvalue weighted by molar-refractivity contribution is 7.99. The van der Waals surface area contributed by atoms with E-state index in [0.29, 0.717) is 11.7 Å². The molecule has 0 aliphatic rings. The van der Waals surface area contributed by atoms with Crippen molar-refractivity contribution in [1.29, 1.82) is 0 Å². The molecule has 0 aromatic carbocycles. The number of Topliss-reactive ketones (excluding diaryl/α,β-unsaturated/α-hetero) is 1. The first-order valence-electron chi connectivity index (χ1n) is 4.83. The number of hydrogen-bond donors (Lipinski definition) is 0. The SMILES string of the molecule is CC(=O)c1ccc(SCCC(C)C)o1. The van der Waals surface area contributed by atoms with E-state index in [0.717, 1.165) is 10.8 Å². The predicted molar refractivity (Wildman–Crippen MR) is 58.9 cm³/mol. The number of hydrogen-bond acceptors (Lipinski definition) is 3. The zero-order chi connectivity index (χ0) is 10.6. The Bertz CT molecular complexity index is 302. The average molecular weight is 212 g/mol. The third-order valence-corrected chi connectivity index (χ3v) is 2.81. The van der Waals surface area contributed by atoms with Gasteiger partial charge in [0.15, 0.2) is 16.6 Å². The molecule has 1 aromatic heterocycles. The smallest absolute Gasteiger partial charge is 0.194 e. The first kappa shape index (κ1) is 11.4. The quantitative estimate of drug-likeness (QED) is 0.551. The van der Waals surface area contributed by atoms with E-state index in [9.17, 15) is 4.79 Å². The molecule has 1 rings (SSSR count). The molecule has 0 aliphatic carbocycles. The van der Waals surface area contributed by atoms with E-state index < -0.39 is 0 Å². The second-order valence-corrected chi connectivity index (χ2v) is 4.81. The molecule has 3 heteroatoms. The number of furan rings is 1. The molecule has 78 valence electrons. The van der Waals surface area contributed by atoms with Gasteiger partial charge in [0.05, 0.1) is 0 Å². The lowest BCUT2D eigenvalue weighted by atomic mass is 10.2. The summed E-state index contributed by atoms with van der Waals surface area (Å²) in [6.45, 7) is 5.91. The zero-order valence-electron chi connectivity index (χ0n) is 8.87. The molecule has 0 fully saturated rings. The van der Waals surface area contributed by atoms with E-state index in [1.165, 1.54) is 13.3 Å². The van der Waals surface area contributed by atoms with Crippen LogP contribution in [-0.2, 0) is 0 Å². The van der Waals surface area contributed by atoms with E-state index in [2.05, 4.69) is 13.8 Å². The van der Waals surface area contributed by atoms with Gasteiger partial charge in [-0.05, 0) is 24.5 Å². The van der Waals surface area contributed by atoms with Crippen LogP contribution < -0.4 is 0 Å². The predicted octanol–water partition coefficient (Wildman–Crippen LogP) is 3.62. The Morgan fingerprint density at radius 1 is 1.50 bits per heavy atom. The maximum absolute atomic E-state index is 10.9. The molecule has 0 saturated heterocycles.